The average Bonchev–Trinajstić information content (AvgIpc) is 2.77. The predicted octanol–water partition coefficient (Wildman–Crippen LogP) is 5.63. The highest BCUT2D eigenvalue weighted by molar-refractivity contribution is 5.76. The van der Waals surface area contributed by atoms with Gasteiger partial charge in [-0.2, -0.15) is 0 Å². The third-order valence-corrected chi connectivity index (χ3v) is 8.28. The number of carbonyl (C=O) groups excluding carboxylic acids is 2. The Balaban J connectivity index is 1.76. The van der Waals surface area contributed by atoms with Gasteiger partial charge in [-0.05, 0) is 62.4 Å². The van der Waals surface area contributed by atoms with Crippen LogP contribution in [0.1, 0.15) is 79.6 Å². The summed E-state index contributed by atoms with van der Waals surface area (Å²) in [5, 5.41) is 0. The van der Waals surface area contributed by atoms with Crippen molar-refractivity contribution in [3.8, 4) is 0 Å². The molecule has 1 fully saturated rings. The lowest BCUT2D eigenvalue weighted by molar-refractivity contribution is -0.167. The minimum Gasteiger partial charge on any atom is -0.462 e. The topological polar surface area (TPSA) is 61.8 Å². The number of hydrogen-bond donors (Lipinski definition) is 0. The smallest absolute Gasteiger partial charge is 0.312 e. The molecular weight excluding hydrogens is 404 g/mol. The molecule has 5 nitrogen and oxygen atoms in total. The Morgan fingerprint density at radius 1 is 1.19 bits per heavy atom. The lowest BCUT2D eigenvalue weighted by atomic mass is 9.65. The molecular formula is C27H42O5. The van der Waals surface area contributed by atoms with Gasteiger partial charge in [0.1, 0.15) is 12.2 Å². The summed E-state index contributed by atoms with van der Waals surface area (Å²) in [7, 11) is 1.66. The molecule has 32 heavy (non-hydrogen) atoms. The molecule has 2 aliphatic carbocycles. The fraction of sp³-hybridized carbons (Fsp3) is 0.778. The van der Waals surface area contributed by atoms with Crippen LogP contribution in [0.15, 0.2) is 23.8 Å². The van der Waals surface area contributed by atoms with Gasteiger partial charge in [0.2, 0.25) is 0 Å². The Morgan fingerprint density at radius 2 is 1.91 bits per heavy atom. The second-order valence-corrected chi connectivity index (χ2v) is 10.5. The van der Waals surface area contributed by atoms with E-state index in [0.717, 1.165) is 38.5 Å². The maximum atomic E-state index is 13.1. The first-order valence-electron chi connectivity index (χ1n) is 12.5. The van der Waals surface area contributed by atoms with Gasteiger partial charge in [-0.15, -0.1) is 0 Å². The molecule has 7 unspecified atom stereocenters. The summed E-state index contributed by atoms with van der Waals surface area (Å²) in [6.07, 6.45) is 11.9. The van der Waals surface area contributed by atoms with Crippen LogP contribution in [0.5, 0.6) is 0 Å². The fourth-order valence-corrected chi connectivity index (χ4v) is 5.62. The van der Waals surface area contributed by atoms with E-state index < -0.39 is 5.41 Å². The van der Waals surface area contributed by atoms with Gasteiger partial charge in [0.05, 0.1) is 17.9 Å². The van der Waals surface area contributed by atoms with Crippen LogP contribution in [0.3, 0.4) is 0 Å². The largest absolute Gasteiger partial charge is 0.462 e. The SMILES string of the molecule is CCC(C)(CC)C(=O)OC1CC(C)C=C2C=CC(C)C(CCC3CC(OC)CC(=O)O3)C21. The minimum absolute atomic E-state index is 0.0506. The Kier molecular flexibility index (Phi) is 8.24. The molecule has 180 valence electrons. The normalized spacial score (nSPS) is 35.0. The van der Waals surface area contributed by atoms with Crippen LogP contribution in [0.2, 0.25) is 0 Å². The number of allylic oxidation sites excluding steroid dienone is 3. The van der Waals surface area contributed by atoms with E-state index in [1.54, 1.807) is 7.11 Å². The van der Waals surface area contributed by atoms with Crippen molar-refractivity contribution in [2.75, 3.05) is 7.11 Å². The number of fused-ring (bicyclic) bond motifs is 1. The summed E-state index contributed by atoms with van der Waals surface area (Å²) < 4.78 is 17.3. The van der Waals surface area contributed by atoms with Crippen LogP contribution in [-0.2, 0) is 23.8 Å². The number of cyclic esters (lactones) is 1. The summed E-state index contributed by atoms with van der Waals surface area (Å²) in [5.74, 6) is 1.09. The molecule has 0 spiro atoms. The summed E-state index contributed by atoms with van der Waals surface area (Å²) in [5.41, 5.74) is 0.872. The zero-order chi connectivity index (χ0) is 23.5. The summed E-state index contributed by atoms with van der Waals surface area (Å²) in [4.78, 5) is 25.1. The highest BCUT2D eigenvalue weighted by atomic mass is 16.6. The molecule has 3 rings (SSSR count). The molecule has 3 aliphatic rings. The van der Waals surface area contributed by atoms with Crippen LogP contribution >= 0.6 is 0 Å². The van der Waals surface area contributed by atoms with E-state index in [9.17, 15) is 9.59 Å². The number of esters is 2. The number of ether oxygens (including phenoxy) is 3. The minimum atomic E-state index is -0.429. The van der Waals surface area contributed by atoms with Crippen LogP contribution in [0.4, 0.5) is 0 Å². The summed E-state index contributed by atoms with van der Waals surface area (Å²) in [6, 6.07) is 0. The van der Waals surface area contributed by atoms with Crippen molar-refractivity contribution in [2.45, 2.75) is 97.9 Å². The zero-order valence-electron chi connectivity index (χ0n) is 20.8. The number of rotatable bonds is 8. The van der Waals surface area contributed by atoms with Gasteiger partial charge in [0, 0.05) is 19.4 Å². The van der Waals surface area contributed by atoms with Crippen molar-refractivity contribution in [1.82, 2.24) is 0 Å². The van der Waals surface area contributed by atoms with Gasteiger partial charge >= 0.3 is 11.9 Å². The molecule has 0 aromatic heterocycles. The van der Waals surface area contributed by atoms with Crippen molar-refractivity contribution < 1.29 is 23.8 Å². The molecule has 1 heterocycles. The van der Waals surface area contributed by atoms with E-state index in [0.29, 0.717) is 24.2 Å². The summed E-state index contributed by atoms with van der Waals surface area (Å²) in [6.45, 7) is 10.6. The number of methoxy groups -OCH3 is 1. The van der Waals surface area contributed by atoms with Crippen molar-refractivity contribution in [3.63, 3.8) is 0 Å². The fourth-order valence-electron chi connectivity index (χ4n) is 5.62. The Hall–Kier alpha value is -1.62. The molecule has 0 amide bonds. The van der Waals surface area contributed by atoms with Gasteiger partial charge in [-0.1, -0.05) is 45.9 Å². The van der Waals surface area contributed by atoms with Gasteiger partial charge in [-0.3, -0.25) is 9.59 Å². The molecule has 1 aliphatic heterocycles. The van der Waals surface area contributed by atoms with Gasteiger partial charge in [-0.25, -0.2) is 0 Å². The Bertz CT molecular complexity index is 734. The number of carbonyl (C=O) groups is 2. The molecule has 0 saturated carbocycles. The van der Waals surface area contributed by atoms with E-state index in [4.69, 9.17) is 14.2 Å². The van der Waals surface area contributed by atoms with Gasteiger partial charge < -0.3 is 14.2 Å². The lowest BCUT2D eigenvalue weighted by Gasteiger charge is -2.44. The van der Waals surface area contributed by atoms with Crippen molar-refractivity contribution in [1.29, 1.82) is 0 Å². The van der Waals surface area contributed by atoms with Crippen LogP contribution in [-0.4, -0.2) is 37.4 Å². The predicted molar refractivity (Wildman–Crippen MR) is 125 cm³/mol. The third-order valence-electron chi connectivity index (χ3n) is 8.28. The first-order valence-corrected chi connectivity index (χ1v) is 12.5. The molecule has 0 aromatic rings. The van der Waals surface area contributed by atoms with E-state index in [-0.39, 0.29) is 36.2 Å². The molecule has 1 saturated heterocycles. The standard InChI is InChI=1S/C27H42O5/c1-7-27(5,8-2)26(29)32-23-14-17(3)13-19-10-9-18(4)22(25(19)23)12-11-20-15-21(30-6)16-24(28)31-20/h9-10,13,17-18,20-23,25H,7-8,11-12,14-16H2,1-6H3. The average molecular weight is 447 g/mol. The van der Waals surface area contributed by atoms with E-state index in [2.05, 4.69) is 45.9 Å². The highest BCUT2D eigenvalue weighted by Crippen LogP contribution is 2.46. The molecule has 5 heteroatoms. The van der Waals surface area contributed by atoms with E-state index in [1.165, 1.54) is 5.57 Å². The van der Waals surface area contributed by atoms with E-state index in [1.807, 2.05) is 6.92 Å². The molecule has 0 aromatic carbocycles. The molecule has 0 N–H and O–H groups in total. The Labute approximate surface area is 193 Å². The van der Waals surface area contributed by atoms with Crippen LogP contribution in [0.25, 0.3) is 0 Å². The Morgan fingerprint density at radius 3 is 2.56 bits per heavy atom. The number of hydrogen-bond acceptors (Lipinski definition) is 5. The first-order chi connectivity index (χ1) is 15.2. The lowest BCUT2D eigenvalue weighted by Crippen LogP contribution is -2.43. The van der Waals surface area contributed by atoms with Crippen molar-refractivity contribution in [2.24, 2.45) is 29.1 Å². The quantitative estimate of drug-likeness (QED) is 0.452. The summed E-state index contributed by atoms with van der Waals surface area (Å²) >= 11 is 0. The maximum Gasteiger partial charge on any atom is 0.312 e. The van der Waals surface area contributed by atoms with Crippen molar-refractivity contribution in [3.05, 3.63) is 23.8 Å². The zero-order valence-corrected chi connectivity index (χ0v) is 20.8. The third kappa shape index (κ3) is 5.47. The maximum absolute atomic E-state index is 13.1. The highest BCUT2D eigenvalue weighted by Gasteiger charge is 2.43. The molecule has 0 bridgehead atoms. The first kappa shape index (κ1) is 25.0. The van der Waals surface area contributed by atoms with Crippen LogP contribution < -0.4 is 0 Å². The van der Waals surface area contributed by atoms with E-state index >= 15 is 0 Å². The van der Waals surface area contributed by atoms with Gasteiger partial charge in [0.15, 0.2) is 0 Å². The molecule has 0 radical (unpaired) electrons. The van der Waals surface area contributed by atoms with Crippen molar-refractivity contribution >= 4 is 11.9 Å². The van der Waals surface area contributed by atoms with Crippen LogP contribution in [0, 0.1) is 29.1 Å². The van der Waals surface area contributed by atoms with Gasteiger partial charge in [0.25, 0.3) is 0 Å². The second-order valence-electron chi connectivity index (χ2n) is 10.5. The monoisotopic (exact) mass is 446 g/mol. The second kappa shape index (κ2) is 10.5. The molecule has 7 atom stereocenters.